The predicted molar refractivity (Wildman–Crippen MR) is 77.8 cm³/mol. The third-order valence-corrected chi connectivity index (χ3v) is 4.52. The summed E-state index contributed by atoms with van der Waals surface area (Å²) < 4.78 is 10.1. The smallest absolute Gasteiger partial charge is 0.325 e. The summed E-state index contributed by atoms with van der Waals surface area (Å²) >= 11 is 0. The molecule has 2 rings (SSSR count). The Balaban J connectivity index is 1.86. The van der Waals surface area contributed by atoms with Crippen molar-refractivity contribution >= 4 is 11.9 Å². The number of methoxy groups -OCH3 is 1. The first-order chi connectivity index (χ1) is 10.1. The summed E-state index contributed by atoms with van der Waals surface area (Å²) in [7, 11) is 1.36. The van der Waals surface area contributed by atoms with E-state index in [1.807, 2.05) is 4.90 Å². The molecule has 0 aromatic carbocycles. The van der Waals surface area contributed by atoms with E-state index in [2.05, 4.69) is 12.2 Å². The van der Waals surface area contributed by atoms with Crippen LogP contribution in [0.25, 0.3) is 0 Å². The second-order valence-corrected chi connectivity index (χ2v) is 6.02. The van der Waals surface area contributed by atoms with Gasteiger partial charge in [0.2, 0.25) is 5.91 Å². The molecule has 3 unspecified atom stereocenters. The van der Waals surface area contributed by atoms with Gasteiger partial charge in [0, 0.05) is 12.6 Å². The predicted octanol–water partition coefficient (Wildman–Crippen LogP) is 0.555. The molecule has 1 amide bonds. The number of carbonyl (C=O) groups excluding carboxylic acids is 2. The van der Waals surface area contributed by atoms with Gasteiger partial charge < -0.3 is 14.8 Å². The van der Waals surface area contributed by atoms with E-state index in [0.29, 0.717) is 25.7 Å². The van der Waals surface area contributed by atoms with E-state index in [4.69, 9.17) is 9.47 Å². The van der Waals surface area contributed by atoms with Crippen LogP contribution in [0.2, 0.25) is 0 Å². The Kier molecular flexibility index (Phi) is 5.99. The average Bonchev–Trinajstić information content (AvgIpc) is 2.49. The molecule has 1 saturated heterocycles. The number of ether oxygens (including phenoxy) is 2. The number of amides is 1. The van der Waals surface area contributed by atoms with Crippen molar-refractivity contribution in [1.82, 2.24) is 10.2 Å². The highest BCUT2D eigenvalue weighted by atomic mass is 16.5. The number of hydrogen-bond acceptors (Lipinski definition) is 5. The Labute approximate surface area is 126 Å². The fourth-order valence-electron chi connectivity index (χ4n) is 3.15. The summed E-state index contributed by atoms with van der Waals surface area (Å²) in [6.45, 7) is 3.83. The summed E-state index contributed by atoms with van der Waals surface area (Å²) in [4.78, 5) is 25.8. The van der Waals surface area contributed by atoms with Crippen LogP contribution < -0.4 is 5.32 Å². The largest absolute Gasteiger partial charge is 0.468 e. The highest BCUT2D eigenvalue weighted by molar-refractivity contribution is 5.81. The number of nitrogens with one attached hydrogen (secondary N) is 1. The molecular formula is C15H26N2O4. The number of morpholine rings is 1. The van der Waals surface area contributed by atoms with Crippen LogP contribution in [0.15, 0.2) is 0 Å². The molecular weight excluding hydrogens is 272 g/mol. The van der Waals surface area contributed by atoms with Gasteiger partial charge in [-0.1, -0.05) is 19.8 Å². The summed E-state index contributed by atoms with van der Waals surface area (Å²) in [5.41, 5.74) is 0. The minimum absolute atomic E-state index is 0.00967. The molecule has 0 radical (unpaired) electrons. The zero-order valence-corrected chi connectivity index (χ0v) is 13.0. The average molecular weight is 298 g/mol. The number of esters is 1. The van der Waals surface area contributed by atoms with Crippen LogP contribution in [0.4, 0.5) is 0 Å². The lowest BCUT2D eigenvalue weighted by Gasteiger charge is -2.34. The van der Waals surface area contributed by atoms with Gasteiger partial charge in [-0.15, -0.1) is 0 Å². The van der Waals surface area contributed by atoms with Gasteiger partial charge in [0.05, 0.1) is 26.9 Å². The molecule has 6 nitrogen and oxygen atoms in total. The molecule has 120 valence electrons. The van der Waals surface area contributed by atoms with Crippen molar-refractivity contribution in [3.8, 4) is 0 Å². The number of nitrogens with zero attached hydrogens (tertiary/aromatic N) is 1. The van der Waals surface area contributed by atoms with E-state index >= 15 is 0 Å². The van der Waals surface area contributed by atoms with Crippen molar-refractivity contribution in [3.05, 3.63) is 0 Å². The topological polar surface area (TPSA) is 67.9 Å². The second-order valence-electron chi connectivity index (χ2n) is 6.02. The summed E-state index contributed by atoms with van der Waals surface area (Å²) in [5.74, 6) is 0.182. The van der Waals surface area contributed by atoms with Gasteiger partial charge in [-0.3, -0.25) is 14.5 Å². The fourth-order valence-corrected chi connectivity index (χ4v) is 3.15. The van der Waals surface area contributed by atoms with Crippen LogP contribution in [0.5, 0.6) is 0 Å². The standard InChI is InChI=1S/C15H26N2O4/c1-11-5-3-4-6-12(11)16-14(18)9-17-7-8-21-10-13(17)15(19)20-2/h11-13H,3-10H2,1-2H3,(H,16,18). The summed E-state index contributed by atoms with van der Waals surface area (Å²) in [6.07, 6.45) is 4.66. The first-order valence-corrected chi connectivity index (χ1v) is 7.80. The van der Waals surface area contributed by atoms with Crippen molar-refractivity contribution in [2.75, 3.05) is 33.4 Å². The maximum absolute atomic E-state index is 12.2. The van der Waals surface area contributed by atoms with Crippen molar-refractivity contribution in [2.45, 2.75) is 44.7 Å². The van der Waals surface area contributed by atoms with E-state index in [0.717, 1.165) is 6.42 Å². The van der Waals surface area contributed by atoms with Crippen LogP contribution in [-0.2, 0) is 19.1 Å². The molecule has 1 aliphatic heterocycles. The SMILES string of the molecule is COC(=O)C1COCCN1CC(=O)NC1CCCCC1C. The van der Waals surface area contributed by atoms with Crippen LogP contribution in [-0.4, -0.2) is 62.3 Å². The van der Waals surface area contributed by atoms with Gasteiger partial charge >= 0.3 is 5.97 Å². The Morgan fingerprint density at radius 1 is 1.33 bits per heavy atom. The molecule has 0 aromatic heterocycles. The monoisotopic (exact) mass is 298 g/mol. The molecule has 3 atom stereocenters. The van der Waals surface area contributed by atoms with Gasteiger partial charge in [0.25, 0.3) is 0 Å². The quantitative estimate of drug-likeness (QED) is 0.768. The third kappa shape index (κ3) is 4.41. The van der Waals surface area contributed by atoms with Gasteiger partial charge in [0.1, 0.15) is 6.04 Å². The molecule has 1 heterocycles. The number of carbonyl (C=O) groups is 2. The van der Waals surface area contributed by atoms with Crippen molar-refractivity contribution in [3.63, 3.8) is 0 Å². The molecule has 1 saturated carbocycles. The molecule has 0 spiro atoms. The molecule has 1 N–H and O–H groups in total. The molecule has 2 fully saturated rings. The van der Waals surface area contributed by atoms with E-state index in [1.54, 1.807) is 0 Å². The van der Waals surface area contributed by atoms with Gasteiger partial charge in [-0.2, -0.15) is 0 Å². The lowest BCUT2D eigenvalue weighted by atomic mass is 9.86. The lowest BCUT2D eigenvalue weighted by Crippen LogP contribution is -2.54. The molecule has 6 heteroatoms. The van der Waals surface area contributed by atoms with E-state index in [9.17, 15) is 9.59 Å². The van der Waals surface area contributed by atoms with E-state index in [1.165, 1.54) is 26.4 Å². The van der Waals surface area contributed by atoms with Gasteiger partial charge in [-0.05, 0) is 18.8 Å². The Bertz CT molecular complexity index is 375. The van der Waals surface area contributed by atoms with Crippen LogP contribution >= 0.6 is 0 Å². The van der Waals surface area contributed by atoms with Crippen molar-refractivity contribution in [2.24, 2.45) is 5.92 Å². The number of rotatable bonds is 4. The zero-order chi connectivity index (χ0) is 15.2. The normalized spacial score (nSPS) is 30.7. The highest BCUT2D eigenvalue weighted by Crippen LogP contribution is 2.23. The van der Waals surface area contributed by atoms with Crippen molar-refractivity contribution < 1.29 is 19.1 Å². The number of hydrogen-bond donors (Lipinski definition) is 1. The first-order valence-electron chi connectivity index (χ1n) is 7.80. The minimum atomic E-state index is -0.474. The fraction of sp³-hybridized carbons (Fsp3) is 0.867. The first kappa shape index (κ1) is 16.2. The third-order valence-electron chi connectivity index (χ3n) is 4.52. The van der Waals surface area contributed by atoms with Crippen LogP contribution in [0.3, 0.4) is 0 Å². The lowest BCUT2D eigenvalue weighted by molar-refractivity contribution is -0.154. The summed E-state index contributed by atoms with van der Waals surface area (Å²) in [6, 6.07) is -0.206. The van der Waals surface area contributed by atoms with Crippen molar-refractivity contribution in [1.29, 1.82) is 0 Å². The Morgan fingerprint density at radius 2 is 2.10 bits per heavy atom. The maximum Gasteiger partial charge on any atom is 0.325 e. The van der Waals surface area contributed by atoms with Gasteiger partial charge in [-0.25, -0.2) is 0 Å². The molecule has 0 bridgehead atoms. The Hall–Kier alpha value is -1.14. The second kappa shape index (κ2) is 7.75. The van der Waals surface area contributed by atoms with Gasteiger partial charge in [0.15, 0.2) is 0 Å². The van der Waals surface area contributed by atoms with Crippen LogP contribution in [0.1, 0.15) is 32.6 Å². The molecule has 1 aliphatic carbocycles. The molecule has 2 aliphatic rings. The summed E-state index contributed by atoms with van der Waals surface area (Å²) in [5, 5.41) is 3.12. The van der Waals surface area contributed by atoms with E-state index in [-0.39, 0.29) is 24.5 Å². The highest BCUT2D eigenvalue weighted by Gasteiger charge is 2.32. The van der Waals surface area contributed by atoms with E-state index < -0.39 is 6.04 Å². The minimum Gasteiger partial charge on any atom is -0.468 e. The maximum atomic E-state index is 12.2. The molecule has 21 heavy (non-hydrogen) atoms. The Morgan fingerprint density at radius 3 is 2.81 bits per heavy atom. The zero-order valence-electron chi connectivity index (χ0n) is 13.0. The molecule has 0 aromatic rings. The van der Waals surface area contributed by atoms with Crippen LogP contribution in [0, 0.1) is 5.92 Å².